The van der Waals surface area contributed by atoms with Crippen molar-refractivity contribution < 1.29 is 0 Å². The van der Waals surface area contributed by atoms with Crippen LogP contribution in [0.2, 0.25) is 0 Å². The van der Waals surface area contributed by atoms with Gasteiger partial charge in [0, 0.05) is 10.8 Å². The first-order chi connectivity index (χ1) is 8.86. The SMILES string of the molecule is Brc1cnc2c3ccccc3c3ccccc3n12. The maximum absolute atomic E-state index is 4.51. The predicted octanol–water partition coefficient (Wildman–Crippen LogP) is 4.40. The van der Waals surface area contributed by atoms with Crippen LogP contribution < -0.4 is 0 Å². The van der Waals surface area contributed by atoms with Crippen LogP contribution in [0.5, 0.6) is 0 Å². The van der Waals surface area contributed by atoms with Crippen LogP contribution in [0, 0.1) is 0 Å². The van der Waals surface area contributed by atoms with Crippen LogP contribution >= 0.6 is 15.9 Å². The highest BCUT2D eigenvalue weighted by molar-refractivity contribution is 9.10. The topological polar surface area (TPSA) is 17.3 Å². The van der Waals surface area contributed by atoms with Gasteiger partial charge in [-0.05, 0) is 27.4 Å². The van der Waals surface area contributed by atoms with Crippen LogP contribution in [0.3, 0.4) is 0 Å². The van der Waals surface area contributed by atoms with E-state index in [4.69, 9.17) is 0 Å². The summed E-state index contributed by atoms with van der Waals surface area (Å²) in [7, 11) is 0. The number of rotatable bonds is 0. The molecule has 0 saturated heterocycles. The highest BCUT2D eigenvalue weighted by atomic mass is 79.9. The molecule has 0 N–H and O–H groups in total. The summed E-state index contributed by atoms with van der Waals surface area (Å²) in [6.07, 6.45) is 1.86. The number of benzene rings is 2. The van der Waals surface area contributed by atoms with Gasteiger partial charge in [-0.3, -0.25) is 4.40 Å². The van der Waals surface area contributed by atoms with Crippen LogP contribution in [0.4, 0.5) is 0 Å². The Hall–Kier alpha value is -1.87. The third kappa shape index (κ3) is 1.20. The van der Waals surface area contributed by atoms with Gasteiger partial charge in [0.2, 0.25) is 0 Å². The molecule has 0 aliphatic rings. The molecule has 2 aromatic carbocycles. The molecule has 4 rings (SSSR count). The number of fused-ring (bicyclic) bond motifs is 6. The van der Waals surface area contributed by atoms with Crippen molar-refractivity contribution in [3.63, 3.8) is 0 Å². The summed E-state index contributed by atoms with van der Waals surface area (Å²) >= 11 is 3.57. The lowest BCUT2D eigenvalue weighted by Gasteiger charge is -2.08. The zero-order valence-corrected chi connectivity index (χ0v) is 11.1. The number of halogens is 1. The molecule has 0 radical (unpaired) electrons. The number of pyridine rings is 1. The number of hydrogen-bond acceptors (Lipinski definition) is 1. The third-order valence-electron chi connectivity index (χ3n) is 3.32. The second-order valence-electron chi connectivity index (χ2n) is 4.30. The molecular weight excluding hydrogens is 288 g/mol. The monoisotopic (exact) mass is 296 g/mol. The highest BCUT2D eigenvalue weighted by Gasteiger charge is 2.10. The zero-order chi connectivity index (χ0) is 12.1. The minimum atomic E-state index is 0.986. The van der Waals surface area contributed by atoms with Gasteiger partial charge < -0.3 is 0 Å². The fraction of sp³-hybridized carbons (Fsp3) is 0. The fourth-order valence-electron chi connectivity index (χ4n) is 2.56. The molecule has 0 fully saturated rings. The van der Waals surface area contributed by atoms with Crippen LogP contribution in [0.15, 0.2) is 59.3 Å². The number of para-hydroxylation sites is 1. The first-order valence-electron chi connectivity index (χ1n) is 5.78. The number of hydrogen-bond donors (Lipinski definition) is 0. The first-order valence-corrected chi connectivity index (χ1v) is 6.58. The molecule has 0 atom stereocenters. The molecule has 0 saturated carbocycles. The van der Waals surface area contributed by atoms with Crippen molar-refractivity contribution >= 4 is 43.3 Å². The second kappa shape index (κ2) is 3.56. The van der Waals surface area contributed by atoms with Gasteiger partial charge in [0.15, 0.2) is 0 Å². The molecule has 4 aromatic rings. The number of nitrogens with zero attached hydrogens (tertiary/aromatic N) is 2. The van der Waals surface area contributed by atoms with Gasteiger partial charge in [-0.2, -0.15) is 0 Å². The van der Waals surface area contributed by atoms with E-state index in [-0.39, 0.29) is 0 Å². The van der Waals surface area contributed by atoms with Crippen molar-refractivity contribution in [3.05, 3.63) is 59.3 Å². The van der Waals surface area contributed by atoms with Gasteiger partial charge in [0.05, 0.1) is 11.7 Å². The van der Waals surface area contributed by atoms with E-state index in [1.807, 2.05) is 6.20 Å². The molecule has 2 aromatic heterocycles. The van der Waals surface area contributed by atoms with Crippen molar-refractivity contribution in [2.75, 3.05) is 0 Å². The average molecular weight is 297 g/mol. The van der Waals surface area contributed by atoms with Crippen LogP contribution in [0.1, 0.15) is 0 Å². The van der Waals surface area contributed by atoms with E-state index in [1.54, 1.807) is 0 Å². The van der Waals surface area contributed by atoms with E-state index in [2.05, 4.69) is 73.8 Å². The molecule has 0 aliphatic heterocycles. The van der Waals surface area contributed by atoms with E-state index >= 15 is 0 Å². The Bertz CT molecular complexity index is 893. The zero-order valence-electron chi connectivity index (χ0n) is 9.47. The van der Waals surface area contributed by atoms with E-state index in [1.165, 1.54) is 21.7 Å². The first kappa shape index (κ1) is 10.1. The number of aromatic nitrogens is 2. The summed E-state index contributed by atoms with van der Waals surface area (Å²) in [5.41, 5.74) is 2.17. The minimum absolute atomic E-state index is 0.986. The fourth-order valence-corrected chi connectivity index (χ4v) is 3.02. The van der Waals surface area contributed by atoms with E-state index < -0.39 is 0 Å². The van der Waals surface area contributed by atoms with Crippen LogP contribution in [-0.4, -0.2) is 9.38 Å². The Morgan fingerprint density at radius 2 is 1.50 bits per heavy atom. The van der Waals surface area contributed by atoms with Crippen molar-refractivity contribution in [1.29, 1.82) is 0 Å². The highest BCUT2D eigenvalue weighted by Crippen LogP contribution is 2.30. The molecule has 0 unspecified atom stereocenters. The lowest BCUT2D eigenvalue weighted by molar-refractivity contribution is 1.23. The van der Waals surface area contributed by atoms with Gasteiger partial charge in [-0.15, -0.1) is 0 Å². The maximum atomic E-state index is 4.51. The molecule has 3 heteroatoms. The van der Waals surface area contributed by atoms with E-state index in [0.29, 0.717) is 0 Å². The van der Waals surface area contributed by atoms with Crippen molar-refractivity contribution in [3.8, 4) is 0 Å². The van der Waals surface area contributed by atoms with Crippen LogP contribution in [-0.2, 0) is 0 Å². The van der Waals surface area contributed by atoms with E-state index in [9.17, 15) is 0 Å². The van der Waals surface area contributed by atoms with E-state index in [0.717, 1.165) is 10.3 Å². The summed E-state index contributed by atoms with van der Waals surface area (Å²) < 4.78 is 3.14. The molecule has 18 heavy (non-hydrogen) atoms. The normalized spacial score (nSPS) is 11.6. The van der Waals surface area contributed by atoms with Gasteiger partial charge >= 0.3 is 0 Å². The van der Waals surface area contributed by atoms with Gasteiger partial charge in [0.25, 0.3) is 0 Å². The quantitative estimate of drug-likeness (QED) is 0.440. The van der Waals surface area contributed by atoms with Crippen molar-refractivity contribution in [1.82, 2.24) is 9.38 Å². The molecular formula is C15H9BrN2. The smallest absolute Gasteiger partial charge is 0.146 e. The predicted molar refractivity (Wildman–Crippen MR) is 77.9 cm³/mol. The summed E-state index contributed by atoms with van der Waals surface area (Å²) in [5.74, 6) is 0. The standard InChI is InChI=1S/C15H9BrN2/c16-14-9-17-15-12-7-2-1-5-10(12)11-6-3-4-8-13(11)18(14)15/h1-9H. The third-order valence-corrected chi connectivity index (χ3v) is 3.88. The minimum Gasteiger partial charge on any atom is -0.286 e. The second-order valence-corrected chi connectivity index (χ2v) is 5.12. The van der Waals surface area contributed by atoms with Gasteiger partial charge in [0.1, 0.15) is 10.3 Å². The van der Waals surface area contributed by atoms with Gasteiger partial charge in [-0.1, -0.05) is 42.5 Å². The molecule has 2 nitrogen and oxygen atoms in total. The summed E-state index contributed by atoms with van der Waals surface area (Å²) in [4.78, 5) is 4.51. The largest absolute Gasteiger partial charge is 0.286 e. The summed E-state index contributed by atoms with van der Waals surface area (Å²) in [6.45, 7) is 0. The molecule has 0 aliphatic carbocycles. The Morgan fingerprint density at radius 1 is 0.833 bits per heavy atom. The summed E-state index contributed by atoms with van der Waals surface area (Å²) in [6, 6.07) is 16.8. The maximum Gasteiger partial charge on any atom is 0.146 e. The molecule has 0 amide bonds. The number of imidazole rings is 1. The van der Waals surface area contributed by atoms with Crippen molar-refractivity contribution in [2.45, 2.75) is 0 Å². The Morgan fingerprint density at radius 3 is 2.33 bits per heavy atom. The summed E-state index contributed by atoms with van der Waals surface area (Å²) in [5, 5.41) is 3.68. The molecule has 2 heterocycles. The lowest BCUT2D eigenvalue weighted by atomic mass is 10.1. The Labute approximate surface area is 112 Å². The Kier molecular flexibility index (Phi) is 2.00. The van der Waals surface area contributed by atoms with Crippen LogP contribution in [0.25, 0.3) is 27.3 Å². The average Bonchev–Trinajstić information content (AvgIpc) is 2.82. The molecule has 86 valence electrons. The van der Waals surface area contributed by atoms with Gasteiger partial charge in [-0.25, -0.2) is 4.98 Å². The Balaban J connectivity index is 2.48. The van der Waals surface area contributed by atoms with Crippen molar-refractivity contribution in [2.24, 2.45) is 0 Å². The lowest BCUT2D eigenvalue weighted by Crippen LogP contribution is -1.91. The molecule has 0 bridgehead atoms. The molecule has 0 spiro atoms.